The highest BCUT2D eigenvalue weighted by molar-refractivity contribution is 7.99. The Bertz CT molecular complexity index is 1100. The number of ketones is 1. The van der Waals surface area contributed by atoms with Crippen molar-refractivity contribution in [3.63, 3.8) is 0 Å². The number of thiophene rings is 1. The maximum atomic E-state index is 12.6. The van der Waals surface area contributed by atoms with Crippen LogP contribution >= 0.6 is 23.1 Å². The summed E-state index contributed by atoms with van der Waals surface area (Å²) in [6.45, 7) is 0. The number of fused-ring (bicyclic) bond motifs is 3. The molecule has 1 N–H and O–H groups in total. The van der Waals surface area contributed by atoms with Crippen molar-refractivity contribution in [1.29, 1.82) is 0 Å². The number of hydrogen-bond donors (Lipinski definition) is 1. The Balaban J connectivity index is 1.56. The maximum absolute atomic E-state index is 12.6. The summed E-state index contributed by atoms with van der Waals surface area (Å²) in [5.41, 5.74) is 1.53. The van der Waals surface area contributed by atoms with E-state index in [4.69, 9.17) is 9.47 Å². The van der Waals surface area contributed by atoms with Crippen molar-refractivity contribution in [3.8, 4) is 11.5 Å². The number of hydrogen-bond acceptors (Lipinski definition) is 7. The number of nitrogens with one attached hydrogen (secondary N) is 1. The molecule has 1 aliphatic rings. The molecule has 6 nitrogen and oxygen atoms in total. The van der Waals surface area contributed by atoms with E-state index >= 15 is 0 Å². The van der Waals surface area contributed by atoms with Crippen LogP contribution in [0.3, 0.4) is 0 Å². The molecule has 0 bridgehead atoms. The van der Waals surface area contributed by atoms with Gasteiger partial charge in [-0.1, -0.05) is 11.8 Å². The van der Waals surface area contributed by atoms with Crippen LogP contribution in [0, 0.1) is 0 Å². The standard InChI is InChI=1S/C20H20N2O4S2/c1-25-11-7-8-12(15(9-11)26-2)14(23)10-27-20-21-18(24)17-13-5-3-4-6-16(13)28-19(17)22-20/h7-9H,3-6,10H2,1-2H3,(H,21,22,24). The lowest BCUT2D eigenvalue weighted by Crippen LogP contribution is -2.12. The van der Waals surface area contributed by atoms with Gasteiger partial charge in [-0.25, -0.2) is 4.98 Å². The summed E-state index contributed by atoms with van der Waals surface area (Å²) in [4.78, 5) is 34.7. The SMILES string of the molecule is COc1ccc(C(=O)CSc2nc3sc4c(c3c(=O)[nH]2)CCCC4)c(OC)c1. The molecular weight excluding hydrogens is 396 g/mol. The van der Waals surface area contributed by atoms with E-state index in [9.17, 15) is 9.59 Å². The molecule has 0 amide bonds. The summed E-state index contributed by atoms with van der Waals surface area (Å²) in [6, 6.07) is 5.09. The number of aromatic amines is 1. The van der Waals surface area contributed by atoms with E-state index in [0.717, 1.165) is 41.5 Å². The van der Waals surface area contributed by atoms with Gasteiger partial charge in [0.2, 0.25) is 0 Å². The summed E-state index contributed by atoms with van der Waals surface area (Å²) in [6.07, 6.45) is 4.25. The van der Waals surface area contributed by atoms with E-state index in [1.807, 2.05) is 0 Å². The topological polar surface area (TPSA) is 81.3 Å². The molecule has 0 spiro atoms. The van der Waals surface area contributed by atoms with E-state index < -0.39 is 0 Å². The number of H-pyrrole nitrogens is 1. The molecule has 0 atom stereocenters. The Kier molecular flexibility index (Phi) is 5.41. The summed E-state index contributed by atoms with van der Waals surface area (Å²) in [5.74, 6) is 1.15. The number of ether oxygens (including phenoxy) is 2. The van der Waals surface area contributed by atoms with Crippen LogP contribution in [0.25, 0.3) is 10.2 Å². The zero-order valence-corrected chi connectivity index (χ0v) is 17.3. The highest BCUT2D eigenvalue weighted by atomic mass is 32.2. The number of carbonyl (C=O) groups is 1. The predicted octanol–water partition coefficient (Wildman–Crippen LogP) is 3.86. The lowest BCUT2D eigenvalue weighted by atomic mass is 9.97. The molecule has 0 saturated heterocycles. The maximum Gasteiger partial charge on any atom is 0.260 e. The highest BCUT2D eigenvalue weighted by Gasteiger charge is 2.20. The van der Waals surface area contributed by atoms with Crippen LogP contribution in [0.1, 0.15) is 33.6 Å². The van der Waals surface area contributed by atoms with Gasteiger partial charge in [-0.3, -0.25) is 9.59 Å². The quantitative estimate of drug-likeness (QED) is 0.373. The Morgan fingerprint density at radius 1 is 1.25 bits per heavy atom. The van der Waals surface area contributed by atoms with E-state index in [1.54, 1.807) is 36.6 Å². The number of benzene rings is 1. The first-order chi connectivity index (χ1) is 13.6. The first kappa shape index (κ1) is 19.0. The number of carbonyl (C=O) groups excluding carboxylic acids is 1. The number of thioether (sulfide) groups is 1. The van der Waals surface area contributed by atoms with E-state index in [2.05, 4.69) is 9.97 Å². The third-order valence-corrected chi connectivity index (χ3v) is 6.91. The molecule has 2 aromatic heterocycles. The van der Waals surface area contributed by atoms with Crippen LogP contribution in [0.4, 0.5) is 0 Å². The van der Waals surface area contributed by atoms with Crippen molar-refractivity contribution in [3.05, 3.63) is 44.6 Å². The second kappa shape index (κ2) is 7.97. The Labute approximate surface area is 170 Å². The van der Waals surface area contributed by atoms with Crippen molar-refractivity contribution in [2.75, 3.05) is 20.0 Å². The van der Waals surface area contributed by atoms with Gasteiger partial charge in [0.1, 0.15) is 16.3 Å². The molecule has 4 rings (SSSR count). The van der Waals surface area contributed by atoms with Gasteiger partial charge in [0, 0.05) is 10.9 Å². The third-order valence-electron chi connectivity index (χ3n) is 4.85. The fraction of sp³-hybridized carbons (Fsp3) is 0.350. The number of aromatic nitrogens is 2. The first-order valence-electron chi connectivity index (χ1n) is 9.03. The lowest BCUT2D eigenvalue weighted by molar-refractivity contribution is 0.101. The van der Waals surface area contributed by atoms with Crippen LogP contribution in [-0.4, -0.2) is 35.7 Å². The van der Waals surface area contributed by atoms with Crippen molar-refractivity contribution in [2.24, 2.45) is 0 Å². The summed E-state index contributed by atoms with van der Waals surface area (Å²) >= 11 is 2.84. The van der Waals surface area contributed by atoms with Crippen molar-refractivity contribution < 1.29 is 14.3 Å². The average Bonchev–Trinajstić information content (AvgIpc) is 3.10. The van der Waals surface area contributed by atoms with Gasteiger partial charge < -0.3 is 14.5 Å². The van der Waals surface area contributed by atoms with Crippen molar-refractivity contribution >= 4 is 39.1 Å². The van der Waals surface area contributed by atoms with E-state index in [-0.39, 0.29) is 17.1 Å². The molecule has 0 aliphatic heterocycles. The molecule has 0 fully saturated rings. The average molecular weight is 417 g/mol. The Hall–Kier alpha value is -2.32. The minimum Gasteiger partial charge on any atom is -0.497 e. The van der Waals surface area contributed by atoms with Gasteiger partial charge >= 0.3 is 0 Å². The number of methoxy groups -OCH3 is 2. The predicted molar refractivity (Wildman–Crippen MR) is 111 cm³/mol. The van der Waals surface area contributed by atoms with Crippen LogP contribution in [0.5, 0.6) is 11.5 Å². The second-order valence-electron chi connectivity index (χ2n) is 6.54. The van der Waals surface area contributed by atoms with Crippen LogP contribution in [-0.2, 0) is 12.8 Å². The summed E-state index contributed by atoms with van der Waals surface area (Å²) < 4.78 is 10.5. The smallest absolute Gasteiger partial charge is 0.260 e. The van der Waals surface area contributed by atoms with Crippen molar-refractivity contribution in [2.45, 2.75) is 30.8 Å². The van der Waals surface area contributed by atoms with Crippen molar-refractivity contribution in [1.82, 2.24) is 9.97 Å². The highest BCUT2D eigenvalue weighted by Crippen LogP contribution is 2.34. The zero-order chi connectivity index (χ0) is 19.7. The molecule has 1 aliphatic carbocycles. The number of aryl methyl sites for hydroxylation is 2. The number of nitrogens with zero attached hydrogens (tertiary/aromatic N) is 1. The first-order valence-corrected chi connectivity index (χ1v) is 10.8. The van der Waals surface area contributed by atoms with Gasteiger partial charge in [0.25, 0.3) is 5.56 Å². The van der Waals surface area contributed by atoms with Gasteiger partial charge in [0.05, 0.1) is 30.9 Å². The van der Waals surface area contributed by atoms with Gasteiger partial charge in [-0.05, 0) is 43.4 Å². The zero-order valence-electron chi connectivity index (χ0n) is 15.7. The fourth-order valence-corrected chi connectivity index (χ4v) is 5.52. The minimum atomic E-state index is -0.110. The van der Waals surface area contributed by atoms with E-state index in [0.29, 0.717) is 22.2 Å². The Morgan fingerprint density at radius 2 is 2.07 bits per heavy atom. The number of rotatable bonds is 6. The molecule has 2 heterocycles. The molecule has 28 heavy (non-hydrogen) atoms. The normalized spacial score (nSPS) is 13.4. The van der Waals surface area contributed by atoms with Crippen LogP contribution < -0.4 is 15.0 Å². The molecule has 0 unspecified atom stereocenters. The van der Waals surface area contributed by atoms with E-state index in [1.165, 1.54) is 23.7 Å². The van der Waals surface area contributed by atoms with Gasteiger partial charge in [-0.15, -0.1) is 11.3 Å². The number of Topliss-reactive ketones (excluding diaryl/α,β-unsaturated/α-hetero) is 1. The van der Waals surface area contributed by atoms with Crippen LogP contribution in [0.2, 0.25) is 0 Å². The molecule has 0 saturated carbocycles. The largest absolute Gasteiger partial charge is 0.497 e. The molecular formula is C20H20N2O4S2. The molecule has 146 valence electrons. The molecule has 0 radical (unpaired) electrons. The molecule has 1 aromatic carbocycles. The Morgan fingerprint density at radius 3 is 2.86 bits per heavy atom. The second-order valence-corrected chi connectivity index (χ2v) is 8.59. The summed E-state index contributed by atoms with van der Waals surface area (Å²) in [7, 11) is 3.08. The fourth-order valence-electron chi connectivity index (χ4n) is 3.45. The van der Waals surface area contributed by atoms with Crippen LogP contribution in [0.15, 0.2) is 28.2 Å². The molecule has 8 heteroatoms. The van der Waals surface area contributed by atoms with Gasteiger partial charge in [0.15, 0.2) is 10.9 Å². The van der Waals surface area contributed by atoms with Gasteiger partial charge in [-0.2, -0.15) is 0 Å². The summed E-state index contributed by atoms with van der Waals surface area (Å²) in [5, 5.41) is 1.20. The third kappa shape index (κ3) is 3.54. The monoisotopic (exact) mass is 416 g/mol. The lowest BCUT2D eigenvalue weighted by Gasteiger charge is -2.10. The minimum absolute atomic E-state index is 0.0993. The molecule has 3 aromatic rings.